The van der Waals surface area contributed by atoms with E-state index in [1.807, 2.05) is 0 Å². The number of alkyl halides is 1. The fraction of sp³-hybridized carbons (Fsp3) is 1.00. The van der Waals surface area contributed by atoms with Crippen LogP contribution in [0.3, 0.4) is 0 Å². The van der Waals surface area contributed by atoms with E-state index in [4.69, 9.17) is 9.47 Å². The van der Waals surface area contributed by atoms with Gasteiger partial charge < -0.3 is 9.47 Å². The average molecular weight is 267 g/mol. The van der Waals surface area contributed by atoms with Gasteiger partial charge in [0, 0.05) is 31.8 Å². The Morgan fingerprint density at radius 2 is 1.93 bits per heavy atom. The molecule has 0 aromatic rings. The molecule has 0 aliphatic rings. The van der Waals surface area contributed by atoms with Crippen molar-refractivity contribution in [2.45, 2.75) is 37.9 Å². The molecule has 0 amide bonds. The summed E-state index contributed by atoms with van der Waals surface area (Å²) in [4.78, 5) is 0.593. The molecule has 2 nitrogen and oxygen atoms in total. The minimum absolute atomic E-state index is 0.593. The van der Waals surface area contributed by atoms with Crippen LogP contribution in [0, 0.1) is 5.92 Å². The Balaban J connectivity index is 3.25. The minimum atomic E-state index is 0.593. The first-order valence-corrected chi connectivity index (χ1v) is 6.34. The van der Waals surface area contributed by atoms with E-state index < -0.39 is 0 Å². The van der Waals surface area contributed by atoms with Gasteiger partial charge in [-0.25, -0.2) is 0 Å². The van der Waals surface area contributed by atoms with Gasteiger partial charge in [0.25, 0.3) is 0 Å². The number of ether oxygens (including phenoxy) is 2. The van der Waals surface area contributed by atoms with Crippen molar-refractivity contribution in [2.24, 2.45) is 5.92 Å². The van der Waals surface area contributed by atoms with Crippen LogP contribution in [0.5, 0.6) is 0 Å². The summed E-state index contributed by atoms with van der Waals surface area (Å²) in [6.07, 6.45) is 3.36. The van der Waals surface area contributed by atoms with Gasteiger partial charge in [-0.1, -0.05) is 36.2 Å². The van der Waals surface area contributed by atoms with Crippen LogP contribution < -0.4 is 0 Å². The lowest BCUT2D eigenvalue weighted by Gasteiger charge is -2.17. The normalized spacial score (nSPS) is 15.4. The summed E-state index contributed by atoms with van der Waals surface area (Å²) >= 11 is 3.62. The Kier molecular flexibility index (Phi) is 10.2. The van der Waals surface area contributed by atoms with Crippen LogP contribution in [0.25, 0.3) is 0 Å². The molecule has 0 bridgehead atoms. The molecule has 86 valence electrons. The van der Waals surface area contributed by atoms with Crippen molar-refractivity contribution in [1.82, 2.24) is 0 Å². The first-order valence-electron chi connectivity index (χ1n) is 5.43. The molecular weight excluding hydrogens is 244 g/mol. The average Bonchev–Trinajstić information content (AvgIpc) is 2.16. The number of halogens is 1. The van der Waals surface area contributed by atoms with E-state index in [1.54, 1.807) is 7.11 Å². The fourth-order valence-corrected chi connectivity index (χ4v) is 2.04. The second-order valence-electron chi connectivity index (χ2n) is 3.59. The zero-order chi connectivity index (χ0) is 10.8. The molecule has 0 aromatic carbocycles. The third-order valence-electron chi connectivity index (χ3n) is 2.44. The monoisotopic (exact) mass is 266 g/mol. The maximum Gasteiger partial charge on any atom is 0.0487 e. The summed E-state index contributed by atoms with van der Waals surface area (Å²) in [7, 11) is 1.72. The maximum absolute atomic E-state index is 5.52. The standard InChI is InChI=1S/C11H23BrO2/c1-4-11(10(2)12)6-9-14-8-5-7-13-3/h10-11H,4-9H2,1-3H3. The zero-order valence-electron chi connectivity index (χ0n) is 9.59. The third kappa shape index (κ3) is 7.77. The van der Waals surface area contributed by atoms with Gasteiger partial charge in [0.15, 0.2) is 0 Å². The molecule has 0 N–H and O–H groups in total. The molecule has 2 unspecified atom stereocenters. The van der Waals surface area contributed by atoms with Gasteiger partial charge in [0.1, 0.15) is 0 Å². The highest BCUT2D eigenvalue weighted by atomic mass is 79.9. The fourth-order valence-electron chi connectivity index (χ4n) is 1.40. The summed E-state index contributed by atoms with van der Waals surface area (Å²) in [5.41, 5.74) is 0. The van der Waals surface area contributed by atoms with Gasteiger partial charge in [0.2, 0.25) is 0 Å². The molecule has 14 heavy (non-hydrogen) atoms. The van der Waals surface area contributed by atoms with Crippen LogP contribution >= 0.6 is 15.9 Å². The molecule has 0 rings (SSSR count). The first-order chi connectivity index (χ1) is 6.72. The molecule has 3 heteroatoms. The van der Waals surface area contributed by atoms with Gasteiger partial charge in [-0.3, -0.25) is 0 Å². The molecule has 2 atom stereocenters. The Morgan fingerprint density at radius 1 is 1.21 bits per heavy atom. The van der Waals surface area contributed by atoms with E-state index in [9.17, 15) is 0 Å². The number of rotatable bonds is 9. The van der Waals surface area contributed by atoms with Crippen LogP contribution in [0.1, 0.15) is 33.1 Å². The summed E-state index contributed by atoms with van der Waals surface area (Å²) < 4.78 is 10.5. The maximum atomic E-state index is 5.52. The van der Waals surface area contributed by atoms with Crippen molar-refractivity contribution in [3.63, 3.8) is 0 Å². The zero-order valence-corrected chi connectivity index (χ0v) is 11.2. The van der Waals surface area contributed by atoms with E-state index in [2.05, 4.69) is 29.8 Å². The predicted octanol–water partition coefficient (Wildman–Crippen LogP) is 3.24. The number of hydrogen-bond donors (Lipinski definition) is 0. The molecule has 0 aliphatic carbocycles. The van der Waals surface area contributed by atoms with Crippen molar-refractivity contribution in [2.75, 3.05) is 26.9 Å². The topological polar surface area (TPSA) is 18.5 Å². The Bertz CT molecular complexity index is 118. The lowest BCUT2D eigenvalue weighted by Crippen LogP contribution is -2.13. The summed E-state index contributed by atoms with van der Waals surface area (Å²) in [5.74, 6) is 0.734. The van der Waals surface area contributed by atoms with Crippen LogP contribution in [0.4, 0.5) is 0 Å². The lowest BCUT2D eigenvalue weighted by atomic mass is 10.0. The second-order valence-corrected chi connectivity index (χ2v) is 5.04. The van der Waals surface area contributed by atoms with E-state index in [0.717, 1.165) is 38.6 Å². The summed E-state index contributed by atoms with van der Waals surface area (Å²) in [6, 6.07) is 0. The van der Waals surface area contributed by atoms with Crippen LogP contribution in [-0.4, -0.2) is 31.8 Å². The van der Waals surface area contributed by atoms with Crippen LogP contribution in [-0.2, 0) is 9.47 Å². The molecule has 0 spiro atoms. The quantitative estimate of drug-likeness (QED) is 0.471. The van der Waals surface area contributed by atoms with Gasteiger partial charge in [-0.05, 0) is 18.8 Å². The number of methoxy groups -OCH3 is 1. The molecule has 0 heterocycles. The Morgan fingerprint density at radius 3 is 2.43 bits per heavy atom. The SMILES string of the molecule is CCC(CCOCCCOC)C(C)Br. The molecule has 0 saturated heterocycles. The van der Waals surface area contributed by atoms with Gasteiger partial charge in [-0.2, -0.15) is 0 Å². The van der Waals surface area contributed by atoms with E-state index in [1.165, 1.54) is 6.42 Å². The van der Waals surface area contributed by atoms with Crippen molar-refractivity contribution < 1.29 is 9.47 Å². The molecule has 0 radical (unpaired) electrons. The first kappa shape index (κ1) is 14.4. The molecule has 0 fully saturated rings. The van der Waals surface area contributed by atoms with Crippen LogP contribution in [0.2, 0.25) is 0 Å². The van der Waals surface area contributed by atoms with Crippen molar-refractivity contribution >= 4 is 15.9 Å². The van der Waals surface area contributed by atoms with Gasteiger partial charge in [0.05, 0.1) is 0 Å². The largest absolute Gasteiger partial charge is 0.385 e. The van der Waals surface area contributed by atoms with Crippen molar-refractivity contribution in [1.29, 1.82) is 0 Å². The highest BCUT2D eigenvalue weighted by molar-refractivity contribution is 9.09. The molecule has 0 aliphatic heterocycles. The van der Waals surface area contributed by atoms with Crippen molar-refractivity contribution in [3.8, 4) is 0 Å². The van der Waals surface area contributed by atoms with Gasteiger partial charge in [-0.15, -0.1) is 0 Å². The highest BCUT2D eigenvalue weighted by Gasteiger charge is 2.11. The predicted molar refractivity (Wildman–Crippen MR) is 64.1 cm³/mol. The number of hydrogen-bond acceptors (Lipinski definition) is 2. The summed E-state index contributed by atoms with van der Waals surface area (Å²) in [5, 5.41) is 0. The minimum Gasteiger partial charge on any atom is -0.385 e. The smallest absolute Gasteiger partial charge is 0.0487 e. The van der Waals surface area contributed by atoms with E-state index in [0.29, 0.717) is 4.83 Å². The van der Waals surface area contributed by atoms with Crippen LogP contribution in [0.15, 0.2) is 0 Å². The third-order valence-corrected chi connectivity index (χ3v) is 3.19. The Hall–Kier alpha value is 0.400. The Labute approximate surface area is 96.5 Å². The summed E-state index contributed by atoms with van der Waals surface area (Å²) in [6.45, 7) is 6.93. The van der Waals surface area contributed by atoms with Crippen molar-refractivity contribution in [3.05, 3.63) is 0 Å². The molecule has 0 aromatic heterocycles. The lowest BCUT2D eigenvalue weighted by molar-refractivity contribution is 0.0935. The second kappa shape index (κ2) is 9.94. The van der Waals surface area contributed by atoms with E-state index >= 15 is 0 Å². The van der Waals surface area contributed by atoms with E-state index in [-0.39, 0.29) is 0 Å². The highest BCUT2D eigenvalue weighted by Crippen LogP contribution is 2.19. The van der Waals surface area contributed by atoms with Gasteiger partial charge >= 0.3 is 0 Å². The molecule has 0 saturated carbocycles. The molecular formula is C11H23BrO2.